The number of hydrogen-bond acceptors (Lipinski definition) is 6. The highest BCUT2D eigenvalue weighted by molar-refractivity contribution is 5.86. The minimum atomic E-state index is -0.301. The minimum absolute atomic E-state index is 0.0333. The molecular formula is C23H31N5O4. The highest BCUT2D eigenvalue weighted by atomic mass is 16.5. The quantitative estimate of drug-likeness (QED) is 0.712. The summed E-state index contributed by atoms with van der Waals surface area (Å²) in [6.07, 6.45) is 3.60. The molecule has 0 saturated carbocycles. The van der Waals surface area contributed by atoms with Crippen LogP contribution >= 0.6 is 0 Å². The Balaban J connectivity index is 1.75. The van der Waals surface area contributed by atoms with Gasteiger partial charge in [-0.3, -0.25) is 24.0 Å². The second kappa shape index (κ2) is 10.9. The molecule has 0 bridgehead atoms. The molecule has 2 atom stereocenters. The number of carbonyl (C=O) groups is 3. The lowest BCUT2D eigenvalue weighted by Gasteiger charge is -2.25. The number of ether oxygens (including phenoxy) is 1. The van der Waals surface area contributed by atoms with Crippen LogP contribution in [0, 0.1) is 11.8 Å². The summed E-state index contributed by atoms with van der Waals surface area (Å²) in [7, 11) is 1.62. The van der Waals surface area contributed by atoms with Crippen molar-refractivity contribution in [3.05, 3.63) is 47.8 Å². The highest BCUT2D eigenvalue weighted by Crippen LogP contribution is 2.22. The summed E-state index contributed by atoms with van der Waals surface area (Å²) in [6, 6.07) is 7.69. The number of aromatic nitrogens is 2. The summed E-state index contributed by atoms with van der Waals surface area (Å²) < 4.78 is 7.29. The first-order chi connectivity index (χ1) is 15.4. The SMILES string of the molecule is COc1ccc(CN2CC(=O)NCC(C)C(=O)C(C)CNC(=O)C2)cc1Cn1cccn1. The number of hydrogen-bond donors (Lipinski definition) is 2. The lowest BCUT2D eigenvalue weighted by Crippen LogP contribution is -2.46. The predicted molar refractivity (Wildman–Crippen MR) is 119 cm³/mol. The van der Waals surface area contributed by atoms with Gasteiger partial charge in [-0.1, -0.05) is 19.9 Å². The van der Waals surface area contributed by atoms with E-state index in [2.05, 4.69) is 15.7 Å². The van der Waals surface area contributed by atoms with Gasteiger partial charge in [0, 0.05) is 49.4 Å². The van der Waals surface area contributed by atoms with Gasteiger partial charge in [0.05, 0.1) is 26.7 Å². The van der Waals surface area contributed by atoms with Crippen LogP contribution in [0.15, 0.2) is 36.7 Å². The van der Waals surface area contributed by atoms with E-state index in [9.17, 15) is 14.4 Å². The van der Waals surface area contributed by atoms with Crippen LogP contribution in [0.25, 0.3) is 0 Å². The summed E-state index contributed by atoms with van der Waals surface area (Å²) in [4.78, 5) is 39.1. The Morgan fingerprint density at radius 1 is 1.03 bits per heavy atom. The van der Waals surface area contributed by atoms with Crippen LogP contribution in [0.5, 0.6) is 5.75 Å². The molecule has 2 amide bonds. The third-order valence-electron chi connectivity index (χ3n) is 5.56. The van der Waals surface area contributed by atoms with Crippen LogP contribution in [-0.4, -0.2) is 65.6 Å². The number of rotatable bonds is 5. The highest BCUT2D eigenvalue weighted by Gasteiger charge is 2.24. The Morgan fingerprint density at radius 2 is 1.69 bits per heavy atom. The fourth-order valence-corrected chi connectivity index (χ4v) is 3.79. The van der Waals surface area contributed by atoms with E-state index in [-0.39, 0.29) is 42.5 Å². The molecule has 1 aliphatic heterocycles. The number of benzene rings is 1. The van der Waals surface area contributed by atoms with Crippen LogP contribution in [0.1, 0.15) is 25.0 Å². The number of nitrogens with one attached hydrogen (secondary N) is 2. The summed E-state index contributed by atoms with van der Waals surface area (Å²) in [5.41, 5.74) is 1.91. The molecule has 2 aromatic rings. The first-order valence-corrected chi connectivity index (χ1v) is 10.8. The van der Waals surface area contributed by atoms with E-state index >= 15 is 0 Å². The van der Waals surface area contributed by atoms with Crippen LogP contribution in [0.2, 0.25) is 0 Å². The maximum absolute atomic E-state index is 12.5. The smallest absolute Gasteiger partial charge is 0.234 e. The maximum atomic E-state index is 12.5. The Bertz CT molecular complexity index is 914. The van der Waals surface area contributed by atoms with Crippen molar-refractivity contribution in [3.8, 4) is 5.75 Å². The lowest BCUT2D eigenvalue weighted by molar-refractivity contribution is -0.128. The van der Waals surface area contributed by atoms with Crippen molar-refractivity contribution < 1.29 is 19.1 Å². The zero-order chi connectivity index (χ0) is 23.1. The summed E-state index contributed by atoms with van der Waals surface area (Å²) >= 11 is 0. The van der Waals surface area contributed by atoms with Crippen LogP contribution in [0.4, 0.5) is 0 Å². The fourth-order valence-electron chi connectivity index (χ4n) is 3.79. The monoisotopic (exact) mass is 441 g/mol. The van der Waals surface area contributed by atoms with Crippen molar-refractivity contribution in [3.63, 3.8) is 0 Å². The van der Waals surface area contributed by atoms with Gasteiger partial charge in [-0.05, 0) is 23.8 Å². The molecule has 1 aromatic heterocycles. The second-order valence-electron chi connectivity index (χ2n) is 8.31. The minimum Gasteiger partial charge on any atom is -0.496 e. The summed E-state index contributed by atoms with van der Waals surface area (Å²) in [5, 5.41) is 9.90. The number of methoxy groups -OCH3 is 1. The second-order valence-corrected chi connectivity index (χ2v) is 8.31. The number of ketones is 1. The van der Waals surface area contributed by atoms with Crippen LogP contribution in [0.3, 0.4) is 0 Å². The first kappa shape index (κ1) is 23.5. The Morgan fingerprint density at radius 3 is 2.25 bits per heavy atom. The van der Waals surface area contributed by atoms with Gasteiger partial charge in [0.15, 0.2) is 0 Å². The first-order valence-electron chi connectivity index (χ1n) is 10.8. The van der Waals surface area contributed by atoms with Crippen molar-refractivity contribution in [1.29, 1.82) is 0 Å². The number of amides is 2. The third-order valence-corrected chi connectivity index (χ3v) is 5.56. The Kier molecular flexibility index (Phi) is 7.99. The van der Waals surface area contributed by atoms with Gasteiger partial charge >= 0.3 is 0 Å². The molecule has 9 heteroatoms. The molecule has 0 aliphatic carbocycles. The maximum Gasteiger partial charge on any atom is 0.234 e. The standard InChI is InChI=1S/C23H31N5O4/c1-16-10-24-21(29)14-27(15-22(30)25-11-17(2)23(16)31)12-18-5-6-20(32-3)19(9-18)13-28-8-4-7-26-28/h4-9,16-17H,10-15H2,1-3H3,(H,24,29)(H,25,30). The molecule has 32 heavy (non-hydrogen) atoms. The normalized spacial score (nSPS) is 21.3. The molecule has 1 aromatic carbocycles. The van der Waals surface area contributed by atoms with Crippen molar-refractivity contribution in [2.24, 2.45) is 11.8 Å². The molecule has 0 radical (unpaired) electrons. The van der Waals surface area contributed by atoms with Gasteiger partial charge in [0.1, 0.15) is 11.5 Å². The molecule has 3 rings (SSSR count). The van der Waals surface area contributed by atoms with E-state index < -0.39 is 0 Å². The van der Waals surface area contributed by atoms with Crippen molar-refractivity contribution in [2.75, 3.05) is 33.3 Å². The largest absolute Gasteiger partial charge is 0.496 e. The van der Waals surface area contributed by atoms with E-state index in [1.54, 1.807) is 32.1 Å². The van der Waals surface area contributed by atoms with Gasteiger partial charge in [-0.25, -0.2) is 0 Å². The van der Waals surface area contributed by atoms with E-state index in [0.29, 0.717) is 26.2 Å². The average Bonchev–Trinajstić information content (AvgIpc) is 3.28. The molecule has 1 saturated heterocycles. The molecule has 1 fully saturated rings. The van der Waals surface area contributed by atoms with Crippen molar-refractivity contribution in [1.82, 2.24) is 25.3 Å². The summed E-state index contributed by atoms with van der Waals surface area (Å²) in [6.45, 7) is 5.26. The summed E-state index contributed by atoms with van der Waals surface area (Å²) in [5.74, 6) is -0.241. The number of carbonyl (C=O) groups excluding carboxylic acids is 3. The topological polar surface area (TPSA) is 106 Å². The Hall–Kier alpha value is -3.20. The van der Waals surface area contributed by atoms with E-state index in [0.717, 1.165) is 16.9 Å². The molecule has 2 unspecified atom stereocenters. The molecule has 2 N–H and O–H groups in total. The van der Waals surface area contributed by atoms with Gasteiger partial charge in [0.25, 0.3) is 0 Å². The van der Waals surface area contributed by atoms with Crippen molar-refractivity contribution >= 4 is 17.6 Å². The van der Waals surface area contributed by atoms with Crippen molar-refractivity contribution in [2.45, 2.75) is 26.9 Å². The van der Waals surface area contributed by atoms with E-state index in [4.69, 9.17) is 4.74 Å². The van der Waals surface area contributed by atoms with Crippen LogP contribution < -0.4 is 15.4 Å². The number of nitrogens with zero attached hydrogens (tertiary/aromatic N) is 3. The fraction of sp³-hybridized carbons (Fsp3) is 0.478. The molecule has 1 aliphatic rings. The zero-order valence-corrected chi connectivity index (χ0v) is 18.8. The molecule has 0 spiro atoms. The molecule has 172 valence electrons. The Labute approximate surface area is 188 Å². The van der Waals surface area contributed by atoms with Gasteiger partial charge in [-0.15, -0.1) is 0 Å². The average molecular weight is 442 g/mol. The van der Waals surface area contributed by atoms with E-state index in [1.165, 1.54) is 0 Å². The van der Waals surface area contributed by atoms with Gasteiger partial charge < -0.3 is 15.4 Å². The predicted octanol–water partition coefficient (Wildman–Crippen LogP) is 0.829. The van der Waals surface area contributed by atoms with Gasteiger partial charge in [-0.2, -0.15) is 5.10 Å². The molecular weight excluding hydrogens is 410 g/mol. The number of Topliss-reactive ketones (excluding diaryl/α,β-unsaturated/α-hetero) is 1. The van der Waals surface area contributed by atoms with E-state index in [1.807, 2.05) is 35.1 Å². The zero-order valence-electron chi connectivity index (χ0n) is 18.8. The molecule has 9 nitrogen and oxygen atoms in total. The third kappa shape index (κ3) is 6.40. The lowest BCUT2D eigenvalue weighted by atomic mass is 9.95. The van der Waals surface area contributed by atoms with Crippen LogP contribution in [-0.2, 0) is 27.5 Å². The molecule has 2 heterocycles. The van der Waals surface area contributed by atoms with Gasteiger partial charge in [0.2, 0.25) is 11.8 Å².